The Balaban J connectivity index is 2.65. The fraction of sp³-hybridized carbons (Fsp3) is 0.533. The van der Waals surface area contributed by atoms with Gasteiger partial charge in [-0.2, -0.15) is 0 Å². The second-order valence-corrected chi connectivity index (χ2v) is 5.94. The molecular weight excluding hydrogens is 295 g/mol. The first-order valence-electron chi connectivity index (χ1n) is 6.86. The molecule has 1 aromatic rings. The van der Waals surface area contributed by atoms with Gasteiger partial charge in [-0.05, 0) is 44.9 Å². The van der Waals surface area contributed by atoms with Crippen LogP contribution < -0.4 is 10.6 Å². The fourth-order valence-electron chi connectivity index (χ4n) is 1.86. The van der Waals surface area contributed by atoms with E-state index in [9.17, 15) is 4.79 Å². The molecule has 20 heavy (non-hydrogen) atoms. The van der Waals surface area contributed by atoms with Crippen molar-refractivity contribution in [2.24, 2.45) is 0 Å². The van der Waals surface area contributed by atoms with E-state index in [1.54, 1.807) is 12.1 Å². The molecule has 0 saturated carbocycles. The first-order valence-corrected chi connectivity index (χ1v) is 7.62. The molecule has 0 fully saturated rings. The van der Waals surface area contributed by atoms with Crippen LogP contribution in [-0.2, 0) is 4.79 Å². The minimum atomic E-state index is -0.286. The van der Waals surface area contributed by atoms with Gasteiger partial charge in [0, 0.05) is 22.1 Å². The number of carbonyl (C=O) groups excluding carboxylic acids is 1. The van der Waals surface area contributed by atoms with Crippen molar-refractivity contribution in [1.82, 2.24) is 10.6 Å². The normalized spacial score (nSPS) is 15.5. The monoisotopic (exact) mass is 316 g/mol. The Morgan fingerprint density at radius 1 is 1.25 bits per heavy atom. The van der Waals surface area contributed by atoms with Gasteiger partial charge in [-0.1, -0.05) is 36.2 Å². The van der Waals surface area contributed by atoms with Crippen LogP contribution in [0.4, 0.5) is 0 Å². The van der Waals surface area contributed by atoms with Gasteiger partial charge in [-0.25, -0.2) is 0 Å². The zero-order valence-electron chi connectivity index (χ0n) is 12.3. The minimum absolute atomic E-state index is 0.00344. The Morgan fingerprint density at radius 3 is 2.45 bits per heavy atom. The van der Waals surface area contributed by atoms with Crippen LogP contribution in [0.2, 0.25) is 10.0 Å². The van der Waals surface area contributed by atoms with Crippen molar-refractivity contribution in [1.29, 1.82) is 0 Å². The summed E-state index contributed by atoms with van der Waals surface area (Å²) in [7, 11) is 0. The standard InChI is InChI=1S/C15H22Cl2N2O/c1-5-9(2)18-15(20)11(4)19-10(3)13-7-6-12(16)8-14(13)17/h6-11,19H,5H2,1-4H3,(H,18,20). The van der Waals surface area contributed by atoms with Crippen LogP contribution in [0.15, 0.2) is 18.2 Å². The van der Waals surface area contributed by atoms with Crippen molar-refractivity contribution < 1.29 is 4.79 Å². The van der Waals surface area contributed by atoms with Crippen molar-refractivity contribution in [2.45, 2.75) is 52.2 Å². The summed E-state index contributed by atoms with van der Waals surface area (Å²) in [5, 5.41) is 7.41. The second kappa shape index (κ2) is 7.87. The smallest absolute Gasteiger partial charge is 0.237 e. The van der Waals surface area contributed by atoms with Gasteiger partial charge in [-0.3, -0.25) is 10.1 Å². The molecule has 1 rings (SSSR count). The number of rotatable bonds is 6. The third kappa shape index (κ3) is 4.97. The Bertz CT molecular complexity index is 465. The van der Waals surface area contributed by atoms with Gasteiger partial charge >= 0.3 is 0 Å². The van der Waals surface area contributed by atoms with E-state index >= 15 is 0 Å². The lowest BCUT2D eigenvalue weighted by molar-refractivity contribution is -0.123. The Hall–Kier alpha value is -0.770. The molecule has 3 unspecified atom stereocenters. The molecule has 3 nitrogen and oxygen atoms in total. The highest BCUT2D eigenvalue weighted by Gasteiger charge is 2.18. The molecule has 0 radical (unpaired) electrons. The van der Waals surface area contributed by atoms with Crippen molar-refractivity contribution in [3.63, 3.8) is 0 Å². The van der Waals surface area contributed by atoms with Crippen LogP contribution >= 0.6 is 23.2 Å². The van der Waals surface area contributed by atoms with Crippen LogP contribution in [-0.4, -0.2) is 18.0 Å². The highest BCUT2D eigenvalue weighted by atomic mass is 35.5. The van der Waals surface area contributed by atoms with Gasteiger partial charge in [-0.15, -0.1) is 0 Å². The molecule has 5 heteroatoms. The predicted octanol–water partition coefficient (Wildman–Crippen LogP) is 3.95. The Labute approximate surface area is 131 Å². The zero-order valence-corrected chi connectivity index (χ0v) is 13.8. The molecule has 2 N–H and O–H groups in total. The van der Waals surface area contributed by atoms with Gasteiger partial charge in [0.2, 0.25) is 5.91 Å². The fourth-order valence-corrected chi connectivity index (χ4v) is 2.44. The number of nitrogens with one attached hydrogen (secondary N) is 2. The third-order valence-corrected chi connectivity index (χ3v) is 3.89. The van der Waals surface area contributed by atoms with Gasteiger partial charge in [0.1, 0.15) is 0 Å². The maximum atomic E-state index is 12.0. The summed E-state index contributed by atoms with van der Waals surface area (Å²) in [5.41, 5.74) is 0.930. The minimum Gasteiger partial charge on any atom is -0.352 e. The van der Waals surface area contributed by atoms with E-state index in [0.29, 0.717) is 10.0 Å². The molecule has 1 amide bonds. The third-order valence-electron chi connectivity index (χ3n) is 3.32. The lowest BCUT2D eigenvalue weighted by atomic mass is 10.1. The van der Waals surface area contributed by atoms with E-state index in [1.807, 2.05) is 33.8 Å². The summed E-state index contributed by atoms with van der Waals surface area (Å²) in [6.07, 6.45) is 0.914. The average Bonchev–Trinajstić information content (AvgIpc) is 2.37. The summed E-state index contributed by atoms with van der Waals surface area (Å²) >= 11 is 12.1. The molecule has 0 spiro atoms. The van der Waals surface area contributed by atoms with Crippen LogP contribution in [0.3, 0.4) is 0 Å². The number of benzene rings is 1. The molecule has 0 aliphatic heterocycles. The van der Waals surface area contributed by atoms with Crippen LogP contribution in [0.1, 0.15) is 45.7 Å². The Kier molecular flexibility index (Phi) is 6.80. The first-order chi connectivity index (χ1) is 9.35. The second-order valence-electron chi connectivity index (χ2n) is 5.09. The van der Waals surface area contributed by atoms with Crippen molar-refractivity contribution in [2.75, 3.05) is 0 Å². The van der Waals surface area contributed by atoms with E-state index in [0.717, 1.165) is 12.0 Å². The van der Waals surface area contributed by atoms with Crippen LogP contribution in [0.5, 0.6) is 0 Å². The summed E-state index contributed by atoms with van der Waals surface area (Å²) in [4.78, 5) is 12.0. The van der Waals surface area contributed by atoms with Crippen LogP contribution in [0, 0.1) is 0 Å². The van der Waals surface area contributed by atoms with Crippen molar-refractivity contribution in [3.8, 4) is 0 Å². The van der Waals surface area contributed by atoms with Crippen LogP contribution in [0.25, 0.3) is 0 Å². The Morgan fingerprint density at radius 2 is 1.90 bits per heavy atom. The topological polar surface area (TPSA) is 41.1 Å². The summed E-state index contributed by atoms with van der Waals surface area (Å²) < 4.78 is 0. The lowest BCUT2D eigenvalue weighted by Gasteiger charge is -2.22. The number of halogens is 2. The number of hydrogen-bond acceptors (Lipinski definition) is 2. The van der Waals surface area contributed by atoms with Gasteiger partial charge in [0.15, 0.2) is 0 Å². The van der Waals surface area contributed by atoms with E-state index in [2.05, 4.69) is 10.6 Å². The SMILES string of the molecule is CCC(C)NC(=O)C(C)NC(C)c1ccc(Cl)cc1Cl. The highest BCUT2D eigenvalue weighted by molar-refractivity contribution is 6.35. The molecule has 3 atom stereocenters. The predicted molar refractivity (Wildman–Crippen MR) is 85.4 cm³/mol. The molecular formula is C15H22Cl2N2O. The van der Waals surface area contributed by atoms with Crippen molar-refractivity contribution >= 4 is 29.1 Å². The van der Waals surface area contributed by atoms with Gasteiger partial charge in [0.05, 0.1) is 6.04 Å². The molecule has 0 saturated heterocycles. The van der Waals surface area contributed by atoms with Gasteiger partial charge < -0.3 is 5.32 Å². The average molecular weight is 317 g/mol. The molecule has 0 aliphatic rings. The molecule has 1 aromatic carbocycles. The maximum absolute atomic E-state index is 12.0. The van der Waals surface area contributed by atoms with E-state index in [-0.39, 0.29) is 24.0 Å². The number of carbonyl (C=O) groups is 1. The zero-order chi connectivity index (χ0) is 15.3. The number of hydrogen-bond donors (Lipinski definition) is 2. The van der Waals surface area contributed by atoms with Crippen molar-refractivity contribution in [3.05, 3.63) is 33.8 Å². The summed E-state index contributed by atoms with van der Waals surface area (Å²) in [6, 6.07) is 5.25. The van der Waals surface area contributed by atoms with E-state index < -0.39 is 0 Å². The largest absolute Gasteiger partial charge is 0.352 e. The summed E-state index contributed by atoms with van der Waals surface area (Å²) in [5.74, 6) is -0.00344. The molecule has 0 aliphatic carbocycles. The first kappa shape index (κ1) is 17.3. The molecule has 0 bridgehead atoms. The van der Waals surface area contributed by atoms with E-state index in [4.69, 9.17) is 23.2 Å². The summed E-state index contributed by atoms with van der Waals surface area (Å²) in [6.45, 7) is 7.85. The molecule has 0 heterocycles. The van der Waals surface area contributed by atoms with E-state index in [1.165, 1.54) is 0 Å². The molecule has 0 aromatic heterocycles. The molecule has 112 valence electrons. The van der Waals surface area contributed by atoms with Gasteiger partial charge in [0.25, 0.3) is 0 Å². The number of amides is 1. The lowest BCUT2D eigenvalue weighted by Crippen LogP contribution is -2.46. The highest BCUT2D eigenvalue weighted by Crippen LogP contribution is 2.26. The maximum Gasteiger partial charge on any atom is 0.237 e. The quantitative estimate of drug-likeness (QED) is 0.834.